The fraction of sp³-hybridized carbons (Fsp3) is 0.0714. The lowest BCUT2D eigenvalue weighted by molar-refractivity contribution is -0.107. The Hall–Kier alpha value is -1.51. The van der Waals surface area contributed by atoms with E-state index in [2.05, 4.69) is 0 Å². The normalized spacial score (nSPS) is 10.1. The van der Waals surface area contributed by atoms with Crippen LogP contribution in [0.25, 0.3) is 0 Å². The molecule has 0 aliphatic heterocycles. The van der Waals surface area contributed by atoms with Crippen LogP contribution in [0.15, 0.2) is 48.5 Å². The summed E-state index contributed by atoms with van der Waals surface area (Å²) in [6, 6.07) is 14.9. The van der Waals surface area contributed by atoms with Crippen molar-refractivity contribution in [2.75, 3.05) is 4.90 Å². The van der Waals surface area contributed by atoms with Crippen LogP contribution in [0, 0.1) is 0 Å². The van der Waals surface area contributed by atoms with Gasteiger partial charge in [0, 0.05) is 5.69 Å². The maximum atomic E-state index is 11.2. The van der Waals surface area contributed by atoms with Gasteiger partial charge in [-0.05, 0) is 23.8 Å². The Bertz CT molecular complexity index is 543. The van der Waals surface area contributed by atoms with E-state index in [1.54, 1.807) is 23.1 Å². The molecule has 0 saturated heterocycles. The maximum Gasteiger partial charge on any atom is 0.214 e. The minimum absolute atomic E-state index is 0.439. The van der Waals surface area contributed by atoms with Gasteiger partial charge in [0.2, 0.25) is 6.41 Å². The number of benzene rings is 2. The summed E-state index contributed by atoms with van der Waals surface area (Å²) in [6.45, 7) is 0.502. The van der Waals surface area contributed by atoms with Gasteiger partial charge in [0.25, 0.3) is 0 Å². The van der Waals surface area contributed by atoms with E-state index < -0.39 is 0 Å². The molecule has 2 rings (SSSR count). The first-order valence-corrected chi connectivity index (χ1v) is 6.17. The second kappa shape index (κ2) is 5.89. The fourth-order valence-corrected chi connectivity index (χ4v) is 1.93. The molecule has 0 bridgehead atoms. The molecule has 0 N–H and O–H groups in total. The van der Waals surface area contributed by atoms with E-state index in [0.717, 1.165) is 17.7 Å². The maximum absolute atomic E-state index is 11.2. The Morgan fingerprint density at radius 2 is 1.72 bits per heavy atom. The first-order valence-electron chi connectivity index (χ1n) is 5.41. The van der Waals surface area contributed by atoms with Crippen LogP contribution in [-0.4, -0.2) is 6.41 Å². The first kappa shape index (κ1) is 12.9. The highest BCUT2D eigenvalue weighted by molar-refractivity contribution is 6.42. The van der Waals surface area contributed by atoms with E-state index in [9.17, 15) is 4.79 Å². The summed E-state index contributed by atoms with van der Waals surface area (Å²) in [5.41, 5.74) is 1.78. The molecule has 0 atom stereocenters. The minimum atomic E-state index is 0.439. The zero-order valence-corrected chi connectivity index (χ0v) is 11.0. The minimum Gasteiger partial charge on any atom is -0.311 e. The molecular weight excluding hydrogens is 269 g/mol. The van der Waals surface area contributed by atoms with E-state index in [1.165, 1.54) is 0 Å². The fourth-order valence-electron chi connectivity index (χ4n) is 1.63. The van der Waals surface area contributed by atoms with E-state index in [4.69, 9.17) is 23.2 Å². The summed E-state index contributed by atoms with van der Waals surface area (Å²) in [5, 5.41) is 0.917. The van der Waals surface area contributed by atoms with Crippen molar-refractivity contribution in [3.05, 3.63) is 64.1 Å². The molecule has 0 spiro atoms. The van der Waals surface area contributed by atoms with Gasteiger partial charge < -0.3 is 4.90 Å². The van der Waals surface area contributed by atoms with Crippen molar-refractivity contribution >= 4 is 35.3 Å². The van der Waals surface area contributed by atoms with Gasteiger partial charge in [-0.3, -0.25) is 4.79 Å². The molecule has 0 saturated carbocycles. The van der Waals surface area contributed by atoms with Crippen LogP contribution in [0.2, 0.25) is 10.0 Å². The third kappa shape index (κ3) is 3.03. The van der Waals surface area contributed by atoms with Crippen LogP contribution in [0.1, 0.15) is 5.56 Å². The summed E-state index contributed by atoms with van der Waals surface area (Å²) in [7, 11) is 0. The summed E-state index contributed by atoms with van der Waals surface area (Å²) in [6.07, 6.45) is 0.784. The third-order valence-electron chi connectivity index (χ3n) is 2.56. The number of halogens is 2. The Kier molecular flexibility index (Phi) is 4.24. The number of amides is 1. The molecular formula is C14H11Cl2NO. The van der Waals surface area contributed by atoms with Gasteiger partial charge >= 0.3 is 0 Å². The van der Waals surface area contributed by atoms with Crippen molar-refractivity contribution in [2.24, 2.45) is 0 Å². The Labute approximate surface area is 116 Å². The second-order valence-corrected chi connectivity index (χ2v) is 4.63. The number of rotatable bonds is 4. The SMILES string of the molecule is O=CN(Cc1ccccc1)c1ccc(Cl)c(Cl)c1. The predicted molar refractivity (Wildman–Crippen MR) is 75.2 cm³/mol. The van der Waals surface area contributed by atoms with Gasteiger partial charge in [0.1, 0.15) is 0 Å². The van der Waals surface area contributed by atoms with Crippen LogP contribution >= 0.6 is 23.2 Å². The van der Waals surface area contributed by atoms with Crippen molar-refractivity contribution in [3.8, 4) is 0 Å². The first-order chi connectivity index (χ1) is 8.70. The molecule has 0 aliphatic carbocycles. The quantitative estimate of drug-likeness (QED) is 0.770. The van der Waals surface area contributed by atoms with Gasteiger partial charge in [-0.25, -0.2) is 0 Å². The number of anilines is 1. The van der Waals surface area contributed by atoms with Crippen molar-refractivity contribution in [1.82, 2.24) is 0 Å². The molecule has 1 amide bonds. The zero-order chi connectivity index (χ0) is 13.0. The standard InChI is InChI=1S/C14H11Cl2NO/c15-13-7-6-12(8-14(13)16)17(10-18)9-11-4-2-1-3-5-11/h1-8,10H,9H2. The molecule has 0 fully saturated rings. The van der Waals surface area contributed by atoms with E-state index in [1.807, 2.05) is 30.3 Å². The number of carbonyl (C=O) groups is 1. The summed E-state index contributed by atoms with van der Waals surface area (Å²) in [5.74, 6) is 0. The highest BCUT2D eigenvalue weighted by atomic mass is 35.5. The monoisotopic (exact) mass is 279 g/mol. The van der Waals surface area contributed by atoms with Crippen molar-refractivity contribution in [2.45, 2.75) is 6.54 Å². The molecule has 0 unspecified atom stereocenters. The summed E-state index contributed by atoms with van der Waals surface area (Å²) in [4.78, 5) is 12.7. The summed E-state index contributed by atoms with van der Waals surface area (Å²) < 4.78 is 0. The number of carbonyl (C=O) groups excluding carboxylic acids is 1. The molecule has 2 aromatic carbocycles. The van der Waals surface area contributed by atoms with Crippen molar-refractivity contribution in [1.29, 1.82) is 0 Å². The highest BCUT2D eigenvalue weighted by Gasteiger charge is 2.08. The molecule has 0 heterocycles. The molecule has 2 nitrogen and oxygen atoms in total. The van der Waals surface area contributed by atoms with Crippen molar-refractivity contribution in [3.63, 3.8) is 0 Å². The molecule has 18 heavy (non-hydrogen) atoms. The molecule has 92 valence electrons. The van der Waals surface area contributed by atoms with Gasteiger partial charge in [-0.15, -0.1) is 0 Å². The topological polar surface area (TPSA) is 20.3 Å². The van der Waals surface area contributed by atoms with E-state index in [-0.39, 0.29) is 0 Å². The van der Waals surface area contributed by atoms with Crippen LogP contribution in [-0.2, 0) is 11.3 Å². The lowest BCUT2D eigenvalue weighted by atomic mass is 10.2. The second-order valence-electron chi connectivity index (χ2n) is 3.82. The zero-order valence-electron chi connectivity index (χ0n) is 9.51. The van der Waals surface area contributed by atoms with Crippen LogP contribution < -0.4 is 4.90 Å². The lowest BCUT2D eigenvalue weighted by Crippen LogP contribution is -2.20. The highest BCUT2D eigenvalue weighted by Crippen LogP contribution is 2.27. The number of nitrogens with zero attached hydrogens (tertiary/aromatic N) is 1. The average molecular weight is 280 g/mol. The Morgan fingerprint density at radius 1 is 1.00 bits per heavy atom. The smallest absolute Gasteiger partial charge is 0.214 e. The molecule has 0 radical (unpaired) electrons. The van der Waals surface area contributed by atoms with E-state index in [0.29, 0.717) is 16.6 Å². The third-order valence-corrected chi connectivity index (χ3v) is 3.30. The molecule has 0 aromatic heterocycles. The van der Waals surface area contributed by atoms with Gasteiger partial charge in [0.05, 0.1) is 16.6 Å². The summed E-state index contributed by atoms with van der Waals surface area (Å²) >= 11 is 11.8. The average Bonchev–Trinajstić information content (AvgIpc) is 2.40. The number of hydrogen-bond donors (Lipinski definition) is 0. The lowest BCUT2D eigenvalue weighted by Gasteiger charge is -2.18. The molecule has 0 aliphatic rings. The van der Waals surface area contributed by atoms with Gasteiger partial charge in [0.15, 0.2) is 0 Å². The van der Waals surface area contributed by atoms with Crippen LogP contribution in [0.4, 0.5) is 5.69 Å². The van der Waals surface area contributed by atoms with Gasteiger partial charge in [-0.1, -0.05) is 53.5 Å². The number of hydrogen-bond acceptors (Lipinski definition) is 1. The van der Waals surface area contributed by atoms with Crippen LogP contribution in [0.5, 0.6) is 0 Å². The largest absolute Gasteiger partial charge is 0.311 e. The Morgan fingerprint density at radius 3 is 2.33 bits per heavy atom. The Balaban J connectivity index is 2.23. The molecule has 4 heteroatoms. The van der Waals surface area contributed by atoms with Crippen LogP contribution in [0.3, 0.4) is 0 Å². The van der Waals surface area contributed by atoms with Gasteiger partial charge in [-0.2, -0.15) is 0 Å². The van der Waals surface area contributed by atoms with Crippen molar-refractivity contribution < 1.29 is 4.79 Å². The molecule has 2 aromatic rings. The van der Waals surface area contributed by atoms with E-state index >= 15 is 0 Å². The predicted octanol–water partition coefficient (Wildman–Crippen LogP) is 4.16.